The summed E-state index contributed by atoms with van der Waals surface area (Å²) >= 11 is 0. The molecule has 66 valence electrons. The molecule has 0 aliphatic rings. The van der Waals surface area contributed by atoms with Gasteiger partial charge in [0.05, 0.1) is 18.2 Å². The van der Waals surface area contributed by atoms with E-state index in [1.807, 2.05) is 6.92 Å². The Morgan fingerprint density at radius 1 is 1.62 bits per heavy atom. The molecule has 0 spiro atoms. The van der Waals surface area contributed by atoms with E-state index in [0.29, 0.717) is 12.2 Å². The molecular weight excluding hydrogens is 162 g/mol. The van der Waals surface area contributed by atoms with Crippen LogP contribution in [-0.2, 0) is 0 Å². The highest BCUT2D eigenvalue weighted by Crippen LogP contribution is 2.20. The van der Waals surface area contributed by atoms with Crippen molar-refractivity contribution in [1.29, 1.82) is 5.26 Å². The number of rotatable bonds is 3. The van der Waals surface area contributed by atoms with Crippen molar-refractivity contribution in [3.8, 4) is 11.8 Å². The molecule has 0 radical (unpaired) electrons. The minimum absolute atomic E-state index is 0.618. The first-order valence-electron chi connectivity index (χ1n) is 4.11. The van der Waals surface area contributed by atoms with E-state index in [0.717, 1.165) is 11.3 Å². The number of nitriles is 1. The van der Waals surface area contributed by atoms with Gasteiger partial charge in [0.2, 0.25) is 0 Å². The Bertz CT molecular complexity index is 350. The van der Waals surface area contributed by atoms with Crippen LogP contribution in [0, 0.1) is 11.3 Å². The van der Waals surface area contributed by atoms with Gasteiger partial charge in [0, 0.05) is 5.56 Å². The van der Waals surface area contributed by atoms with Gasteiger partial charge in [-0.3, -0.25) is 0 Å². The molecule has 0 aromatic heterocycles. The van der Waals surface area contributed by atoms with E-state index in [4.69, 9.17) is 10.00 Å². The van der Waals surface area contributed by atoms with Gasteiger partial charge >= 0.3 is 0 Å². The second-order valence-electron chi connectivity index (χ2n) is 2.50. The maximum atomic E-state index is 8.65. The molecule has 0 fully saturated rings. The summed E-state index contributed by atoms with van der Waals surface area (Å²) in [5.74, 6) is 0.775. The average molecular weight is 173 g/mol. The summed E-state index contributed by atoms with van der Waals surface area (Å²) in [4.78, 5) is 0. The van der Waals surface area contributed by atoms with Crippen molar-refractivity contribution in [2.75, 3.05) is 6.61 Å². The predicted octanol–water partition coefficient (Wildman–Crippen LogP) is 2.60. The topological polar surface area (TPSA) is 33.0 Å². The third-order valence-electron chi connectivity index (χ3n) is 1.66. The smallest absolute Gasteiger partial charge is 0.126 e. The minimum atomic E-state index is 0.618. The van der Waals surface area contributed by atoms with Crippen molar-refractivity contribution in [2.24, 2.45) is 0 Å². The SMILES string of the molecule is C=Cc1cc(C#N)ccc1OCC. The van der Waals surface area contributed by atoms with Gasteiger partial charge < -0.3 is 4.74 Å². The number of ether oxygens (including phenoxy) is 1. The van der Waals surface area contributed by atoms with Gasteiger partial charge in [-0.2, -0.15) is 5.26 Å². The molecule has 0 atom stereocenters. The van der Waals surface area contributed by atoms with Gasteiger partial charge in [0.15, 0.2) is 0 Å². The van der Waals surface area contributed by atoms with Crippen molar-refractivity contribution in [3.63, 3.8) is 0 Å². The van der Waals surface area contributed by atoms with Crippen LogP contribution in [0.15, 0.2) is 24.8 Å². The molecular formula is C11H11NO. The van der Waals surface area contributed by atoms with Gasteiger partial charge in [-0.05, 0) is 25.1 Å². The molecule has 13 heavy (non-hydrogen) atoms. The number of hydrogen-bond donors (Lipinski definition) is 0. The van der Waals surface area contributed by atoms with Crippen LogP contribution in [0.1, 0.15) is 18.1 Å². The Balaban J connectivity index is 3.09. The fourth-order valence-corrected chi connectivity index (χ4v) is 1.06. The van der Waals surface area contributed by atoms with Crippen molar-refractivity contribution in [1.82, 2.24) is 0 Å². The predicted molar refractivity (Wildman–Crippen MR) is 52.4 cm³/mol. The van der Waals surface area contributed by atoms with E-state index in [1.54, 1.807) is 24.3 Å². The Morgan fingerprint density at radius 3 is 2.92 bits per heavy atom. The second kappa shape index (κ2) is 4.32. The fraction of sp³-hybridized carbons (Fsp3) is 0.182. The molecule has 0 unspecified atom stereocenters. The van der Waals surface area contributed by atoms with E-state index < -0.39 is 0 Å². The maximum Gasteiger partial charge on any atom is 0.126 e. The largest absolute Gasteiger partial charge is 0.493 e. The Morgan fingerprint density at radius 2 is 2.38 bits per heavy atom. The normalized spacial score (nSPS) is 8.92. The summed E-state index contributed by atoms with van der Waals surface area (Å²) in [5, 5.41) is 8.65. The molecule has 2 nitrogen and oxygen atoms in total. The van der Waals surface area contributed by atoms with E-state index in [1.165, 1.54) is 0 Å². The van der Waals surface area contributed by atoms with Gasteiger partial charge in [-0.15, -0.1) is 0 Å². The van der Waals surface area contributed by atoms with Crippen LogP contribution >= 0.6 is 0 Å². The number of benzene rings is 1. The lowest BCUT2D eigenvalue weighted by Gasteiger charge is -2.06. The first kappa shape index (κ1) is 9.34. The van der Waals surface area contributed by atoms with Crippen LogP contribution in [0.25, 0.3) is 6.08 Å². The molecule has 0 N–H and O–H groups in total. The molecule has 1 aromatic rings. The molecule has 0 saturated heterocycles. The third kappa shape index (κ3) is 2.09. The lowest BCUT2D eigenvalue weighted by molar-refractivity contribution is 0.339. The van der Waals surface area contributed by atoms with Gasteiger partial charge in [0.1, 0.15) is 5.75 Å². The maximum absolute atomic E-state index is 8.65. The lowest BCUT2D eigenvalue weighted by atomic mass is 10.1. The molecule has 1 aromatic carbocycles. The highest BCUT2D eigenvalue weighted by atomic mass is 16.5. The van der Waals surface area contributed by atoms with Crippen molar-refractivity contribution >= 4 is 6.08 Å². The first-order valence-corrected chi connectivity index (χ1v) is 4.11. The number of nitrogens with zero attached hydrogens (tertiary/aromatic N) is 1. The summed E-state index contributed by atoms with van der Waals surface area (Å²) in [5.41, 5.74) is 1.49. The fourth-order valence-electron chi connectivity index (χ4n) is 1.06. The standard InChI is InChI=1S/C11H11NO/c1-3-10-7-9(8-12)5-6-11(10)13-4-2/h3,5-7H,1,4H2,2H3. The molecule has 0 saturated carbocycles. The zero-order chi connectivity index (χ0) is 9.68. The molecule has 2 heteroatoms. The van der Waals surface area contributed by atoms with Crippen molar-refractivity contribution in [3.05, 3.63) is 35.9 Å². The van der Waals surface area contributed by atoms with Crippen LogP contribution in [-0.4, -0.2) is 6.61 Å². The van der Waals surface area contributed by atoms with Crippen LogP contribution in [0.3, 0.4) is 0 Å². The van der Waals surface area contributed by atoms with Crippen LogP contribution in [0.5, 0.6) is 5.75 Å². The first-order chi connectivity index (χ1) is 6.31. The Hall–Kier alpha value is -1.75. The quantitative estimate of drug-likeness (QED) is 0.703. The minimum Gasteiger partial charge on any atom is -0.493 e. The zero-order valence-corrected chi connectivity index (χ0v) is 7.58. The van der Waals surface area contributed by atoms with Crippen molar-refractivity contribution in [2.45, 2.75) is 6.92 Å². The van der Waals surface area contributed by atoms with E-state index >= 15 is 0 Å². The highest BCUT2D eigenvalue weighted by Gasteiger charge is 2.00. The highest BCUT2D eigenvalue weighted by molar-refractivity contribution is 5.58. The molecule has 0 aliphatic heterocycles. The number of hydrogen-bond acceptors (Lipinski definition) is 2. The summed E-state index contributed by atoms with van der Waals surface area (Å²) in [7, 11) is 0. The molecule has 0 aliphatic carbocycles. The molecule has 0 heterocycles. The molecule has 0 amide bonds. The van der Waals surface area contributed by atoms with Crippen LogP contribution < -0.4 is 4.74 Å². The third-order valence-corrected chi connectivity index (χ3v) is 1.66. The van der Waals surface area contributed by atoms with E-state index in [2.05, 4.69) is 12.6 Å². The zero-order valence-electron chi connectivity index (χ0n) is 7.58. The summed E-state index contributed by atoms with van der Waals surface area (Å²) in [6.07, 6.45) is 1.69. The van der Waals surface area contributed by atoms with Gasteiger partial charge in [-0.25, -0.2) is 0 Å². The molecule has 0 bridgehead atoms. The second-order valence-corrected chi connectivity index (χ2v) is 2.50. The van der Waals surface area contributed by atoms with E-state index in [9.17, 15) is 0 Å². The van der Waals surface area contributed by atoms with Crippen molar-refractivity contribution < 1.29 is 4.74 Å². The van der Waals surface area contributed by atoms with E-state index in [-0.39, 0.29) is 0 Å². The Kier molecular flexibility index (Phi) is 3.10. The summed E-state index contributed by atoms with van der Waals surface area (Å²) < 4.78 is 5.35. The van der Waals surface area contributed by atoms with Gasteiger partial charge in [0.25, 0.3) is 0 Å². The molecule has 1 rings (SSSR count). The summed E-state index contributed by atoms with van der Waals surface area (Å²) in [6.45, 7) is 6.20. The van der Waals surface area contributed by atoms with Crippen LogP contribution in [0.4, 0.5) is 0 Å². The van der Waals surface area contributed by atoms with Crippen LogP contribution in [0.2, 0.25) is 0 Å². The summed E-state index contributed by atoms with van der Waals surface area (Å²) in [6, 6.07) is 7.35. The monoisotopic (exact) mass is 173 g/mol. The van der Waals surface area contributed by atoms with Gasteiger partial charge in [-0.1, -0.05) is 12.7 Å². The average Bonchev–Trinajstić information content (AvgIpc) is 2.19. The lowest BCUT2D eigenvalue weighted by Crippen LogP contribution is -1.93. The Labute approximate surface area is 78.1 Å².